The van der Waals surface area contributed by atoms with Gasteiger partial charge in [0.2, 0.25) is 5.88 Å². The molecule has 3 saturated heterocycles. The Morgan fingerprint density at radius 1 is 1.11 bits per heavy atom. The van der Waals surface area contributed by atoms with E-state index in [1.54, 1.807) is 13.0 Å². The lowest BCUT2D eigenvalue weighted by Crippen LogP contribution is -2.44. The Balaban J connectivity index is 1.31. The largest absolute Gasteiger partial charge is 0.508 e. The third-order valence-corrected chi connectivity index (χ3v) is 9.89. The number of anilines is 1. The quantitative estimate of drug-likeness (QED) is 0.289. The van der Waals surface area contributed by atoms with Crippen LogP contribution in [0, 0.1) is 18.6 Å². The van der Waals surface area contributed by atoms with Crippen molar-refractivity contribution >= 4 is 27.5 Å². The lowest BCUT2D eigenvalue weighted by Gasteiger charge is -2.35. The summed E-state index contributed by atoms with van der Waals surface area (Å²) in [5.41, 5.74) is 0.816. The van der Waals surface area contributed by atoms with Crippen molar-refractivity contribution in [3.05, 3.63) is 53.4 Å². The number of aryl methyl sites for hydroxylation is 1. The molecule has 11 heteroatoms. The Morgan fingerprint density at radius 3 is 2.86 bits per heavy atom. The molecule has 8 nitrogen and oxygen atoms in total. The molecule has 0 saturated carbocycles. The van der Waals surface area contributed by atoms with Gasteiger partial charge in [-0.15, -0.1) is 0 Å². The number of phenolic OH excluding ortho intramolecular Hbond substituents is 1. The number of aromatic hydroxyl groups is 1. The van der Waals surface area contributed by atoms with Crippen LogP contribution in [0.15, 0.2) is 36.2 Å². The minimum absolute atomic E-state index is 0.0154. The number of benzene rings is 2. The third-order valence-electron chi connectivity index (χ3n) is 9.89. The van der Waals surface area contributed by atoms with Gasteiger partial charge in [0.15, 0.2) is 5.82 Å². The van der Waals surface area contributed by atoms with Crippen molar-refractivity contribution in [1.82, 2.24) is 19.9 Å². The molecule has 0 aliphatic carbocycles. The van der Waals surface area contributed by atoms with Crippen LogP contribution in [0.1, 0.15) is 44.1 Å². The Morgan fingerprint density at radius 2 is 2.00 bits per heavy atom. The Labute approximate surface area is 252 Å². The average molecular weight is 604 g/mol. The molecule has 1 N–H and O–H groups in total. The number of pyridine rings is 1. The molecule has 228 valence electrons. The first-order chi connectivity index (χ1) is 21.3. The average Bonchev–Trinajstić information content (AvgIpc) is 3.53. The minimum Gasteiger partial charge on any atom is -0.508 e. The number of nitrogens with zero attached hydrogens (tertiary/aromatic N) is 5. The van der Waals surface area contributed by atoms with Crippen molar-refractivity contribution in [3.63, 3.8) is 0 Å². The van der Waals surface area contributed by atoms with Crippen LogP contribution in [0.2, 0.25) is 0 Å². The molecule has 44 heavy (non-hydrogen) atoms. The summed E-state index contributed by atoms with van der Waals surface area (Å²) in [6.45, 7) is 4.36. The number of piperidine rings is 1. The van der Waals surface area contributed by atoms with Crippen molar-refractivity contribution in [1.29, 1.82) is 0 Å². The SMILES string of the molecule is Cc1c(F)ccc2cc(O)cc(-c3nc4c5c(nc(OC[C@@]67CCCN6C/C(=C\F)C7)nc5c3F)N3CCCC[C@H]3CO4)c12. The molecule has 2 aromatic carbocycles. The number of rotatable bonds is 4. The van der Waals surface area contributed by atoms with E-state index in [0.29, 0.717) is 53.4 Å². The number of halogens is 3. The van der Waals surface area contributed by atoms with Crippen LogP contribution in [0.3, 0.4) is 0 Å². The topological polar surface area (TPSA) is 83.8 Å². The molecule has 2 aromatic heterocycles. The molecule has 0 unspecified atom stereocenters. The van der Waals surface area contributed by atoms with Gasteiger partial charge < -0.3 is 19.5 Å². The van der Waals surface area contributed by atoms with Crippen LogP contribution < -0.4 is 14.4 Å². The number of ether oxygens (including phenoxy) is 2. The predicted molar refractivity (Wildman–Crippen MR) is 160 cm³/mol. The molecule has 8 rings (SSSR count). The van der Waals surface area contributed by atoms with Gasteiger partial charge in [-0.3, -0.25) is 4.90 Å². The molecule has 6 heterocycles. The zero-order chi connectivity index (χ0) is 30.2. The summed E-state index contributed by atoms with van der Waals surface area (Å²) in [5.74, 6) is -0.590. The summed E-state index contributed by atoms with van der Waals surface area (Å²) in [7, 11) is 0. The van der Waals surface area contributed by atoms with Crippen LogP contribution in [0.4, 0.5) is 19.0 Å². The Kier molecular flexibility index (Phi) is 6.37. The second-order valence-electron chi connectivity index (χ2n) is 12.5. The van der Waals surface area contributed by atoms with Gasteiger partial charge in [-0.1, -0.05) is 6.07 Å². The summed E-state index contributed by atoms with van der Waals surface area (Å²) >= 11 is 0. The third kappa shape index (κ3) is 4.19. The van der Waals surface area contributed by atoms with E-state index in [1.165, 1.54) is 18.2 Å². The molecule has 0 amide bonds. The molecule has 4 aliphatic rings. The maximum absolute atomic E-state index is 16.8. The molecule has 0 radical (unpaired) electrons. The van der Waals surface area contributed by atoms with Crippen LogP contribution >= 0.6 is 0 Å². The molecule has 4 aromatic rings. The van der Waals surface area contributed by atoms with Crippen LogP contribution in [-0.4, -0.2) is 69.4 Å². The Bertz CT molecular complexity index is 1870. The van der Waals surface area contributed by atoms with E-state index in [-0.39, 0.29) is 52.6 Å². The highest BCUT2D eigenvalue weighted by Gasteiger charge is 2.47. The van der Waals surface area contributed by atoms with Gasteiger partial charge in [0.25, 0.3) is 0 Å². The summed E-state index contributed by atoms with van der Waals surface area (Å²) in [4.78, 5) is 18.5. The van der Waals surface area contributed by atoms with Crippen LogP contribution in [-0.2, 0) is 0 Å². The number of phenols is 1. The maximum Gasteiger partial charge on any atom is 0.319 e. The zero-order valence-electron chi connectivity index (χ0n) is 24.4. The lowest BCUT2D eigenvalue weighted by atomic mass is 9.94. The van der Waals surface area contributed by atoms with Gasteiger partial charge >= 0.3 is 6.01 Å². The summed E-state index contributed by atoms with van der Waals surface area (Å²) < 4.78 is 57.6. The van der Waals surface area contributed by atoms with E-state index in [1.807, 2.05) is 0 Å². The molecule has 4 aliphatic heterocycles. The molecule has 0 bridgehead atoms. The number of hydrogen-bond acceptors (Lipinski definition) is 8. The van der Waals surface area contributed by atoms with E-state index in [2.05, 4.69) is 19.8 Å². The molecular formula is C33H32F3N5O3. The summed E-state index contributed by atoms with van der Waals surface area (Å²) in [6.07, 6.45) is 5.99. The standard InChI is InChI=1S/C33H32F3N5O3/c1-18-24(35)7-6-20-11-22(42)12-23(25(18)20)28-27(36)29-26-30(41-10-3-2-5-21(41)16-43-31(26)37-28)39-32(38-29)44-17-33-8-4-9-40(33)15-19(13-33)14-34/h6-7,11-12,14,21,42H,2-5,8-10,13,15-17H2,1H3/b19-14-/t21-,33-/m0/s1. The first-order valence-electron chi connectivity index (χ1n) is 15.2. The predicted octanol–water partition coefficient (Wildman–Crippen LogP) is 6.36. The fraction of sp³-hybridized carbons (Fsp3) is 0.424. The summed E-state index contributed by atoms with van der Waals surface area (Å²) in [6, 6.07) is 5.82. The monoisotopic (exact) mass is 603 g/mol. The van der Waals surface area contributed by atoms with E-state index < -0.39 is 11.6 Å². The highest BCUT2D eigenvalue weighted by molar-refractivity contribution is 6.03. The van der Waals surface area contributed by atoms with Crippen molar-refractivity contribution < 1.29 is 27.8 Å². The van der Waals surface area contributed by atoms with Crippen molar-refractivity contribution in [3.8, 4) is 28.9 Å². The first kappa shape index (κ1) is 27.4. The van der Waals surface area contributed by atoms with E-state index in [9.17, 15) is 13.9 Å². The van der Waals surface area contributed by atoms with E-state index >= 15 is 4.39 Å². The lowest BCUT2D eigenvalue weighted by molar-refractivity contribution is 0.108. The van der Waals surface area contributed by atoms with Gasteiger partial charge in [-0.05, 0) is 92.1 Å². The van der Waals surface area contributed by atoms with E-state index in [4.69, 9.17) is 14.5 Å². The fourth-order valence-electron chi connectivity index (χ4n) is 7.73. The second-order valence-corrected chi connectivity index (χ2v) is 12.5. The van der Waals surface area contributed by atoms with Gasteiger partial charge in [0.05, 0.1) is 17.9 Å². The smallest absolute Gasteiger partial charge is 0.319 e. The molecule has 2 atom stereocenters. The highest BCUT2D eigenvalue weighted by atomic mass is 19.1. The van der Waals surface area contributed by atoms with E-state index in [0.717, 1.165) is 50.8 Å². The van der Waals surface area contributed by atoms with Crippen LogP contribution in [0.5, 0.6) is 17.6 Å². The van der Waals surface area contributed by atoms with Crippen molar-refractivity contribution in [2.24, 2.45) is 0 Å². The summed E-state index contributed by atoms with van der Waals surface area (Å²) in [5, 5.41) is 11.9. The van der Waals surface area contributed by atoms with Crippen LogP contribution in [0.25, 0.3) is 32.9 Å². The molecule has 3 fully saturated rings. The second kappa shape index (κ2) is 10.2. The maximum atomic E-state index is 16.8. The number of aromatic nitrogens is 3. The van der Waals surface area contributed by atoms with Gasteiger partial charge in [0.1, 0.15) is 47.2 Å². The first-order valence-corrected chi connectivity index (χ1v) is 15.2. The molecular weight excluding hydrogens is 571 g/mol. The van der Waals surface area contributed by atoms with Crippen molar-refractivity contribution in [2.75, 3.05) is 37.7 Å². The molecule has 0 spiro atoms. The highest BCUT2D eigenvalue weighted by Crippen LogP contribution is 2.45. The van der Waals surface area contributed by atoms with Gasteiger partial charge in [-0.25, -0.2) is 18.2 Å². The zero-order valence-corrected chi connectivity index (χ0v) is 24.4. The van der Waals surface area contributed by atoms with Gasteiger partial charge in [-0.2, -0.15) is 9.97 Å². The normalized spacial score (nSPS) is 24.0. The van der Waals surface area contributed by atoms with Gasteiger partial charge in [0, 0.05) is 18.7 Å². The Hall–Kier alpha value is -4.12. The van der Waals surface area contributed by atoms with Crippen molar-refractivity contribution in [2.45, 2.75) is 57.0 Å². The fourth-order valence-corrected chi connectivity index (χ4v) is 7.73. The number of hydrogen-bond donors (Lipinski definition) is 1. The minimum atomic E-state index is -0.740. The number of fused-ring (bicyclic) bond motifs is 4.